The average Bonchev–Trinajstić information content (AvgIpc) is 3.10. The van der Waals surface area contributed by atoms with Crippen LogP contribution in [0.25, 0.3) is 5.69 Å². The lowest BCUT2D eigenvalue weighted by Crippen LogP contribution is -2.25. The summed E-state index contributed by atoms with van der Waals surface area (Å²) in [7, 11) is 3.56. The van der Waals surface area contributed by atoms with E-state index >= 15 is 0 Å². The van der Waals surface area contributed by atoms with Crippen LogP contribution in [-0.4, -0.2) is 29.6 Å². The van der Waals surface area contributed by atoms with Gasteiger partial charge in [0.15, 0.2) is 0 Å². The molecule has 0 saturated carbocycles. The Labute approximate surface area is 145 Å². The number of aromatic nitrogens is 2. The van der Waals surface area contributed by atoms with Gasteiger partial charge in [-0.1, -0.05) is 24.3 Å². The zero-order valence-corrected chi connectivity index (χ0v) is 14.1. The summed E-state index contributed by atoms with van der Waals surface area (Å²) in [6.45, 7) is 0.240. The summed E-state index contributed by atoms with van der Waals surface area (Å²) in [5.74, 6) is -0.579. The predicted molar refractivity (Wildman–Crippen MR) is 95.5 cm³/mol. The molecule has 0 aliphatic carbocycles. The first-order valence-electron chi connectivity index (χ1n) is 7.88. The fourth-order valence-electron chi connectivity index (χ4n) is 2.55. The van der Waals surface area contributed by atoms with Crippen molar-refractivity contribution < 1.29 is 9.18 Å². The molecule has 128 valence electrons. The number of imidazole rings is 1. The number of amides is 1. The quantitative estimate of drug-likeness (QED) is 0.778. The van der Waals surface area contributed by atoms with E-state index in [1.165, 1.54) is 12.3 Å². The molecule has 3 aromatic rings. The van der Waals surface area contributed by atoms with Crippen LogP contribution in [0.3, 0.4) is 0 Å². The first kappa shape index (κ1) is 16.7. The topological polar surface area (TPSA) is 50.2 Å². The van der Waals surface area contributed by atoms with Crippen molar-refractivity contribution in [2.45, 2.75) is 6.54 Å². The van der Waals surface area contributed by atoms with Gasteiger partial charge in [0.05, 0.1) is 18.2 Å². The van der Waals surface area contributed by atoms with Crippen LogP contribution in [0.1, 0.15) is 16.1 Å². The minimum atomic E-state index is -0.314. The zero-order valence-electron chi connectivity index (χ0n) is 14.1. The number of halogens is 1. The Morgan fingerprint density at radius 3 is 2.64 bits per heavy atom. The molecule has 0 fully saturated rings. The SMILES string of the molecule is CN(C)c1ccc(CNC(=O)c2cncn2-c2ccccc2)cc1F. The number of nitrogens with one attached hydrogen (secondary N) is 1. The maximum absolute atomic E-state index is 14.0. The van der Waals surface area contributed by atoms with Crippen LogP contribution >= 0.6 is 0 Å². The van der Waals surface area contributed by atoms with Crippen molar-refractivity contribution in [2.75, 3.05) is 19.0 Å². The number of benzene rings is 2. The largest absolute Gasteiger partial charge is 0.375 e. The van der Waals surface area contributed by atoms with Crippen molar-refractivity contribution in [3.63, 3.8) is 0 Å². The van der Waals surface area contributed by atoms with Crippen LogP contribution in [0.2, 0.25) is 0 Å². The Hall–Kier alpha value is -3.15. The zero-order chi connectivity index (χ0) is 17.8. The number of hydrogen-bond donors (Lipinski definition) is 1. The van der Waals surface area contributed by atoms with Crippen molar-refractivity contribution in [1.82, 2.24) is 14.9 Å². The molecular formula is C19H19FN4O. The lowest BCUT2D eigenvalue weighted by atomic mass is 10.2. The van der Waals surface area contributed by atoms with E-state index in [1.807, 2.05) is 30.3 Å². The Bertz CT molecular complexity index is 874. The van der Waals surface area contributed by atoms with Gasteiger partial charge >= 0.3 is 0 Å². The Morgan fingerprint density at radius 1 is 1.20 bits per heavy atom. The Kier molecular flexibility index (Phi) is 4.79. The Balaban J connectivity index is 1.72. The molecule has 1 amide bonds. The van der Waals surface area contributed by atoms with Gasteiger partial charge in [0, 0.05) is 26.3 Å². The molecule has 2 aromatic carbocycles. The van der Waals surface area contributed by atoms with E-state index in [4.69, 9.17) is 0 Å². The molecule has 0 aliphatic rings. The number of carbonyl (C=O) groups is 1. The van der Waals surface area contributed by atoms with E-state index in [2.05, 4.69) is 10.3 Å². The summed E-state index contributed by atoms with van der Waals surface area (Å²) in [5, 5.41) is 2.81. The van der Waals surface area contributed by atoms with E-state index in [1.54, 1.807) is 42.0 Å². The molecule has 1 N–H and O–H groups in total. The maximum Gasteiger partial charge on any atom is 0.270 e. The van der Waals surface area contributed by atoms with Gasteiger partial charge in [0.2, 0.25) is 0 Å². The number of para-hydroxylation sites is 1. The molecule has 3 rings (SSSR count). The number of hydrogen-bond acceptors (Lipinski definition) is 3. The van der Waals surface area contributed by atoms with Gasteiger partial charge < -0.3 is 10.2 Å². The van der Waals surface area contributed by atoms with Crippen LogP contribution in [0.5, 0.6) is 0 Å². The third-order valence-electron chi connectivity index (χ3n) is 3.85. The average molecular weight is 338 g/mol. The minimum Gasteiger partial charge on any atom is -0.375 e. The van der Waals surface area contributed by atoms with Crippen LogP contribution in [0.15, 0.2) is 61.1 Å². The van der Waals surface area contributed by atoms with Crippen molar-refractivity contribution in [1.29, 1.82) is 0 Å². The van der Waals surface area contributed by atoms with Gasteiger partial charge in [0.25, 0.3) is 5.91 Å². The predicted octanol–water partition coefficient (Wildman–Crippen LogP) is 3.01. The standard InChI is InChI=1S/C19H19FN4O/c1-23(2)17-9-8-14(10-16(17)20)11-22-19(25)18-12-21-13-24(18)15-6-4-3-5-7-15/h3-10,12-13H,11H2,1-2H3,(H,22,25). The van der Waals surface area contributed by atoms with Crippen molar-refractivity contribution >= 4 is 11.6 Å². The van der Waals surface area contributed by atoms with Crippen molar-refractivity contribution in [3.05, 3.63) is 78.1 Å². The monoisotopic (exact) mass is 338 g/mol. The normalized spacial score (nSPS) is 10.5. The van der Waals surface area contributed by atoms with E-state index in [9.17, 15) is 9.18 Å². The smallest absolute Gasteiger partial charge is 0.270 e. The molecular weight excluding hydrogens is 319 g/mol. The van der Waals surface area contributed by atoms with Gasteiger partial charge in [-0.3, -0.25) is 9.36 Å². The van der Waals surface area contributed by atoms with Crippen LogP contribution in [0.4, 0.5) is 10.1 Å². The molecule has 0 saturated heterocycles. The van der Waals surface area contributed by atoms with Gasteiger partial charge in [-0.05, 0) is 29.8 Å². The van der Waals surface area contributed by atoms with Gasteiger partial charge in [-0.2, -0.15) is 0 Å². The highest BCUT2D eigenvalue weighted by Crippen LogP contribution is 2.18. The highest BCUT2D eigenvalue weighted by atomic mass is 19.1. The van der Waals surface area contributed by atoms with E-state index in [0.717, 1.165) is 5.69 Å². The summed E-state index contributed by atoms with van der Waals surface area (Å²) < 4.78 is 15.7. The molecule has 0 unspecified atom stereocenters. The summed E-state index contributed by atoms with van der Waals surface area (Å²) in [6, 6.07) is 14.4. The number of carbonyl (C=O) groups excluding carboxylic acids is 1. The highest BCUT2D eigenvalue weighted by Gasteiger charge is 2.13. The van der Waals surface area contributed by atoms with Gasteiger partial charge in [-0.15, -0.1) is 0 Å². The third kappa shape index (κ3) is 3.68. The fraction of sp³-hybridized carbons (Fsp3) is 0.158. The minimum absolute atomic E-state index is 0.240. The fourth-order valence-corrected chi connectivity index (χ4v) is 2.55. The molecule has 5 nitrogen and oxygen atoms in total. The molecule has 0 spiro atoms. The second kappa shape index (κ2) is 7.17. The summed E-state index contributed by atoms with van der Waals surface area (Å²) in [4.78, 5) is 18.2. The van der Waals surface area contributed by atoms with Crippen molar-refractivity contribution in [2.24, 2.45) is 0 Å². The molecule has 25 heavy (non-hydrogen) atoms. The van der Waals surface area contributed by atoms with Gasteiger partial charge in [-0.25, -0.2) is 9.37 Å². The molecule has 0 atom stereocenters. The Morgan fingerprint density at radius 2 is 1.96 bits per heavy atom. The first-order valence-corrected chi connectivity index (χ1v) is 7.88. The van der Waals surface area contributed by atoms with E-state index in [0.29, 0.717) is 16.9 Å². The van der Waals surface area contributed by atoms with Crippen LogP contribution < -0.4 is 10.2 Å². The first-order chi connectivity index (χ1) is 12.1. The lowest BCUT2D eigenvalue weighted by Gasteiger charge is -2.14. The molecule has 6 heteroatoms. The second-order valence-corrected chi connectivity index (χ2v) is 5.85. The number of rotatable bonds is 5. The molecule has 1 heterocycles. The van der Waals surface area contributed by atoms with Gasteiger partial charge in [0.1, 0.15) is 11.5 Å². The molecule has 0 bridgehead atoms. The maximum atomic E-state index is 14.0. The van der Waals surface area contributed by atoms with Crippen molar-refractivity contribution in [3.8, 4) is 5.69 Å². The number of anilines is 1. The summed E-state index contributed by atoms with van der Waals surface area (Å²) in [6.07, 6.45) is 3.11. The number of nitrogens with zero attached hydrogens (tertiary/aromatic N) is 3. The second-order valence-electron chi connectivity index (χ2n) is 5.85. The molecule has 0 aliphatic heterocycles. The third-order valence-corrected chi connectivity index (χ3v) is 3.85. The van der Waals surface area contributed by atoms with E-state index in [-0.39, 0.29) is 18.3 Å². The highest BCUT2D eigenvalue weighted by molar-refractivity contribution is 5.92. The van der Waals surface area contributed by atoms with Crippen LogP contribution in [-0.2, 0) is 6.54 Å². The lowest BCUT2D eigenvalue weighted by molar-refractivity contribution is 0.0944. The summed E-state index contributed by atoms with van der Waals surface area (Å²) >= 11 is 0. The summed E-state index contributed by atoms with van der Waals surface area (Å²) in [5.41, 5.74) is 2.49. The van der Waals surface area contributed by atoms with Crippen LogP contribution in [0, 0.1) is 5.82 Å². The van der Waals surface area contributed by atoms with E-state index < -0.39 is 0 Å². The molecule has 0 radical (unpaired) electrons. The molecule has 1 aromatic heterocycles.